The Morgan fingerprint density at radius 2 is 1.85 bits per heavy atom. The largest absolute Gasteiger partial charge is 0.307 e. The van der Waals surface area contributed by atoms with Crippen LogP contribution in [0, 0.1) is 25.2 Å². The summed E-state index contributed by atoms with van der Waals surface area (Å²) in [5.41, 5.74) is 5.11. The maximum atomic E-state index is 11.9. The molecule has 4 rings (SSSR count). The van der Waals surface area contributed by atoms with Crippen LogP contribution in [-0.4, -0.2) is 24.6 Å². The summed E-state index contributed by atoms with van der Waals surface area (Å²) in [6, 6.07) is 16.0. The van der Waals surface area contributed by atoms with Gasteiger partial charge in [-0.1, -0.05) is 23.7 Å². The van der Waals surface area contributed by atoms with E-state index in [4.69, 9.17) is 16.6 Å². The normalized spacial score (nSPS) is 11.4. The molecule has 2 heterocycles. The Labute approximate surface area is 195 Å². The lowest BCUT2D eigenvalue weighted by molar-refractivity contribution is 0.607. The van der Waals surface area contributed by atoms with Crippen molar-refractivity contribution in [1.29, 1.82) is 5.26 Å². The molecule has 33 heavy (non-hydrogen) atoms. The van der Waals surface area contributed by atoms with Gasteiger partial charge in [0.2, 0.25) is 15.6 Å². The molecule has 166 valence electrons. The van der Waals surface area contributed by atoms with E-state index in [0.29, 0.717) is 33.7 Å². The maximum Gasteiger partial charge on any atom is 0.249 e. The lowest BCUT2D eigenvalue weighted by Gasteiger charge is -2.16. The Hall–Kier alpha value is -3.67. The second kappa shape index (κ2) is 8.35. The molecule has 0 atom stereocenters. The second-order valence-corrected chi connectivity index (χ2v) is 9.91. The van der Waals surface area contributed by atoms with Gasteiger partial charge < -0.3 is 4.98 Å². The topological polar surface area (TPSA) is 116 Å². The van der Waals surface area contributed by atoms with Crippen molar-refractivity contribution >= 4 is 38.3 Å². The SMILES string of the molecule is Cc1cc(-c2cc3ccc(=O)[nH]c3nc2-c2cccc(C#N)c2C)cc(Cl)c1NS(C)(=O)=O. The number of anilines is 1. The van der Waals surface area contributed by atoms with Crippen molar-refractivity contribution in [2.75, 3.05) is 11.0 Å². The lowest BCUT2D eigenvalue weighted by Crippen LogP contribution is -2.11. The zero-order chi connectivity index (χ0) is 23.9. The number of nitriles is 1. The van der Waals surface area contributed by atoms with Crippen LogP contribution in [0.4, 0.5) is 5.69 Å². The Balaban J connectivity index is 2.04. The van der Waals surface area contributed by atoms with Crippen LogP contribution in [0.1, 0.15) is 16.7 Å². The number of nitrogens with one attached hydrogen (secondary N) is 2. The van der Waals surface area contributed by atoms with E-state index in [-0.39, 0.29) is 10.6 Å². The molecule has 2 N–H and O–H groups in total. The number of aryl methyl sites for hydroxylation is 1. The van der Waals surface area contributed by atoms with Crippen molar-refractivity contribution in [1.82, 2.24) is 9.97 Å². The number of H-pyrrole nitrogens is 1. The fourth-order valence-electron chi connectivity index (χ4n) is 3.73. The third kappa shape index (κ3) is 4.46. The van der Waals surface area contributed by atoms with Gasteiger partial charge in [-0.3, -0.25) is 9.52 Å². The number of nitrogens with zero attached hydrogens (tertiary/aromatic N) is 2. The van der Waals surface area contributed by atoms with Crippen LogP contribution in [0.5, 0.6) is 0 Å². The summed E-state index contributed by atoms with van der Waals surface area (Å²) in [4.78, 5) is 19.4. The van der Waals surface area contributed by atoms with Crippen LogP contribution in [-0.2, 0) is 10.0 Å². The van der Waals surface area contributed by atoms with Gasteiger partial charge in [0.05, 0.1) is 34.3 Å². The Morgan fingerprint density at radius 3 is 2.52 bits per heavy atom. The van der Waals surface area contributed by atoms with Crippen LogP contribution in [0.15, 0.2) is 53.3 Å². The van der Waals surface area contributed by atoms with E-state index in [2.05, 4.69) is 15.8 Å². The first-order valence-corrected chi connectivity index (χ1v) is 12.2. The van der Waals surface area contributed by atoms with Gasteiger partial charge in [-0.2, -0.15) is 5.26 Å². The third-order valence-corrected chi connectivity index (χ3v) is 6.18. The number of pyridine rings is 2. The number of aromatic nitrogens is 2. The van der Waals surface area contributed by atoms with Gasteiger partial charge in [-0.15, -0.1) is 0 Å². The van der Waals surface area contributed by atoms with E-state index in [1.165, 1.54) is 6.07 Å². The molecule has 0 unspecified atom stereocenters. The predicted octanol–water partition coefficient (Wildman–Crippen LogP) is 4.77. The molecule has 0 amide bonds. The van der Waals surface area contributed by atoms with Crippen LogP contribution >= 0.6 is 11.6 Å². The molecule has 0 aliphatic rings. The summed E-state index contributed by atoms with van der Waals surface area (Å²) in [6.45, 7) is 3.60. The van der Waals surface area contributed by atoms with E-state index in [1.54, 1.807) is 31.2 Å². The summed E-state index contributed by atoms with van der Waals surface area (Å²) >= 11 is 6.47. The van der Waals surface area contributed by atoms with Crippen molar-refractivity contribution < 1.29 is 8.42 Å². The minimum absolute atomic E-state index is 0.241. The Kier molecular flexibility index (Phi) is 5.70. The van der Waals surface area contributed by atoms with Crippen LogP contribution in [0.3, 0.4) is 0 Å². The molecule has 4 aromatic rings. The Bertz CT molecular complexity index is 1610. The van der Waals surface area contributed by atoms with Gasteiger partial charge >= 0.3 is 0 Å². The lowest BCUT2D eigenvalue weighted by atomic mass is 9.93. The fourth-order valence-corrected chi connectivity index (χ4v) is 4.74. The van der Waals surface area contributed by atoms with Gasteiger partial charge in [-0.05, 0) is 60.9 Å². The van der Waals surface area contributed by atoms with Crippen molar-refractivity contribution in [3.63, 3.8) is 0 Å². The van der Waals surface area contributed by atoms with E-state index in [1.807, 2.05) is 25.1 Å². The van der Waals surface area contributed by atoms with Gasteiger partial charge in [-0.25, -0.2) is 13.4 Å². The van der Waals surface area contributed by atoms with Gasteiger partial charge in [0, 0.05) is 22.6 Å². The van der Waals surface area contributed by atoms with E-state index < -0.39 is 10.0 Å². The zero-order valence-corrected chi connectivity index (χ0v) is 19.6. The predicted molar refractivity (Wildman–Crippen MR) is 131 cm³/mol. The smallest absolute Gasteiger partial charge is 0.249 e. The highest BCUT2D eigenvalue weighted by Crippen LogP contribution is 2.39. The number of hydrogen-bond acceptors (Lipinski definition) is 5. The van der Waals surface area contributed by atoms with E-state index >= 15 is 0 Å². The molecule has 2 aromatic heterocycles. The molecule has 0 aliphatic carbocycles. The van der Waals surface area contributed by atoms with Gasteiger partial charge in [0.25, 0.3) is 0 Å². The zero-order valence-electron chi connectivity index (χ0n) is 18.0. The molecule has 0 saturated carbocycles. The highest BCUT2D eigenvalue weighted by atomic mass is 35.5. The van der Waals surface area contributed by atoms with Crippen molar-refractivity contribution in [2.24, 2.45) is 0 Å². The van der Waals surface area contributed by atoms with Crippen LogP contribution in [0.2, 0.25) is 5.02 Å². The summed E-state index contributed by atoms with van der Waals surface area (Å²) in [5, 5.41) is 10.4. The number of sulfonamides is 1. The van der Waals surface area contributed by atoms with Crippen molar-refractivity contribution in [3.05, 3.63) is 80.6 Å². The third-order valence-electron chi connectivity index (χ3n) is 5.30. The monoisotopic (exact) mass is 478 g/mol. The van der Waals surface area contributed by atoms with Gasteiger partial charge in [0.1, 0.15) is 5.65 Å². The average Bonchev–Trinajstić information content (AvgIpc) is 2.75. The van der Waals surface area contributed by atoms with E-state index in [9.17, 15) is 18.5 Å². The second-order valence-electron chi connectivity index (χ2n) is 7.76. The molecule has 0 aliphatic heterocycles. The van der Waals surface area contributed by atoms with Crippen molar-refractivity contribution in [2.45, 2.75) is 13.8 Å². The number of benzene rings is 2. The molecule has 7 nitrogen and oxygen atoms in total. The first-order chi connectivity index (χ1) is 15.6. The van der Waals surface area contributed by atoms with Crippen LogP contribution in [0.25, 0.3) is 33.4 Å². The highest BCUT2D eigenvalue weighted by molar-refractivity contribution is 7.92. The average molecular weight is 479 g/mol. The number of rotatable bonds is 4. The standard InChI is InChI=1S/C24H19ClN4O3S/c1-13-9-17(11-20(25)22(13)29-33(3,31)32)19-10-15-7-8-21(30)27-24(15)28-23(19)18-6-4-5-16(12-26)14(18)2/h4-11,29H,1-3H3,(H,27,28,30). The molecule has 9 heteroatoms. The summed E-state index contributed by atoms with van der Waals surface area (Å²) in [6.07, 6.45) is 1.06. The van der Waals surface area contributed by atoms with Gasteiger partial charge in [0.15, 0.2) is 0 Å². The number of hydrogen-bond donors (Lipinski definition) is 2. The summed E-state index contributed by atoms with van der Waals surface area (Å²) < 4.78 is 25.9. The summed E-state index contributed by atoms with van der Waals surface area (Å²) in [7, 11) is -3.51. The fraction of sp³-hybridized carbons (Fsp3) is 0.125. The first kappa shape index (κ1) is 22.5. The molecular formula is C24H19ClN4O3S. The van der Waals surface area contributed by atoms with Crippen molar-refractivity contribution in [3.8, 4) is 28.5 Å². The first-order valence-electron chi connectivity index (χ1n) is 9.90. The molecule has 0 saturated heterocycles. The number of halogens is 1. The quantitative estimate of drug-likeness (QED) is 0.438. The molecule has 2 aromatic carbocycles. The maximum absolute atomic E-state index is 11.9. The van der Waals surface area contributed by atoms with Crippen LogP contribution < -0.4 is 10.3 Å². The molecule has 0 bridgehead atoms. The summed E-state index contributed by atoms with van der Waals surface area (Å²) in [5.74, 6) is 0. The van der Waals surface area contributed by atoms with E-state index in [0.717, 1.165) is 28.3 Å². The number of fused-ring (bicyclic) bond motifs is 1. The Morgan fingerprint density at radius 1 is 1.09 bits per heavy atom. The highest BCUT2D eigenvalue weighted by Gasteiger charge is 2.18. The molecular weight excluding hydrogens is 460 g/mol. The minimum Gasteiger partial charge on any atom is -0.307 e. The molecule has 0 spiro atoms. The minimum atomic E-state index is -3.51. The number of aromatic amines is 1. The molecule has 0 radical (unpaired) electrons. The molecule has 0 fully saturated rings.